The Morgan fingerprint density at radius 1 is 1.30 bits per heavy atom. The van der Waals surface area contributed by atoms with Crippen molar-refractivity contribution in [3.05, 3.63) is 40.2 Å². The van der Waals surface area contributed by atoms with Crippen LogP contribution in [0.25, 0.3) is 11.0 Å². The molecule has 1 aromatic carbocycles. The maximum absolute atomic E-state index is 13.0. The van der Waals surface area contributed by atoms with Crippen LogP contribution in [0.3, 0.4) is 0 Å². The second-order valence-corrected chi connectivity index (χ2v) is 11.0. The predicted octanol–water partition coefficient (Wildman–Crippen LogP) is 3.86. The van der Waals surface area contributed by atoms with Crippen LogP contribution in [0, 0.1) is 17.8 Å². The van der Waals surface area contributed by atoms with Crippen molar-refractivity contribution in [3.8, 4) is 5.75 Å². The number of rotatable bonds is 6. The molecule has 2 saturated heterocycles. The van der Waals surface area contributed by atoms with Gasteiger partial charge in [0.15, 0.2) is 0 Å². The van der Waals surface area contributed by atoms with E-state index in [-0.39, 0.29) is 28.4 Å². The molecule has 6 unspecified atom stereocenters. The van der Waals surface area contributed by atoms with Crippen LogP contribution >= 0.6 is 23.5 Å². The van der Waals surface area contributed by atoms with E-state index < -0.39 is 5.63 Å². The molecule has 0 radical (unpaired) electrons. The van der Waals surface area contributed by atoms with Crippen molar-refractivity contribution in [1.82, 2.24) is 10.6 Å². The van der Waals surface area contributed by atoms with Crippen molar-refractivity contribution in [2.24, 2.45) is 17.8 Å². The van der Waals surface area contributed by atoms with Gasteiger partial charge in [0, 0.05) is 28.5 Å². The molecule has 2 aromatic rings. The third-order valence-electron chi connectivity index (χ3n) is 6.23. The highest BCUT2D eigenvalue weighted by Gasteiger charge is 2.49. The van der Waals surface area contributed by atoms with Gasteiger partial charge in [-0.05, 0) is 36.0 Å². The first-order valence-corrected chi connectivity index (χ1v) is 12.4. The van der Waals surface area contributed by atoms with Gasteiger partial charge in [0.05, 0.1) is 11.3 Å². The molecule has 6 nitrogen and oxygen atoms in total. The van der Waals surface area contributed by atoms with E-state index in [4.69, 9.17) is 4.42 Å². The SMILES string of the molecule is CCC(C)CC1C(C)SC2NC(SCc3cc(=O)oc4cc(O)ccc34)NC(=O)C21. The maximum atomic E-state index is 13.0. The molecule has 2 aliphatic rings. The van der Waals surface area contributed by atoms with Crippen molar-refractivity contribution in [2.75, 3.05) is 0 Å². The van der Waals surface area contributed by atoms with Crippen LogP contribution in [-0.4, -0.2) is 27.1 Å². The lowest BCUT2D eigenvalue weighted by Gasteiger charge is -2.35. The molecule has 3 N–H and O–H groups in total. The van der Waals surface area contributed by atoms with Crippen LogP contribution in [0.1, 0.15) is 39.2 Å². The lowest BCUT2D eigenvalue weighted by atomic mass is 9.81. The highest BCUT2D eigenvalue weighted by molar-refractivity contribution is 8.01. The molecule has 0 saturated carbocycles. The Morgan fingerprint density at radius 3 is 2.87 bits per heavy atom. The van der Waals surface area contributed by atoms with Crippen molar-refractivity contribution in [2.45, 2.75) is 55.5 Å². The lowest BCUT2D eigenvalue weighted by molar-refractivity contribution is -0.129. The van der Waals surface area contributed by atoms with E-state index >= 15 is 0 Å². The molecule has 162 valence electrons. The molecule has 6 atom stereocenters. The normalized spacial score (nSPS) is 29.6. The predicted molar refractivity (Wildman–Crippen MR) is 122 cm³/mol. The zero-order chi connectivity index (χ0) is 21.4. The van der Waals surface area contributed by atoms with E-state index in [9.17, 15) is 14.7 Å². The van der Waals surface area contributed by atoms with E-state index in [0.29, 0.717) is 28.4 Å². The summed E-state index contributed by atoms with van der Waals surface area (Å²) in [6.07, 6.45) is 2.22. The Balaban J connectivity index is 1.45. The van der Waals surface area contributed by atoms with Gasteiger partial charge in [-0.25, -0.2) is 4.79 Å². The molecular weight excluding hydrogens is 420 g/mol. The van der Waals surface area contributed by atoms with Gasteiger partial charge in [-0.3, -0.25) is 10.1 Å². The van der Waals surface area contributed by atoms with Crippen LogP contribution in [0.5, 0.6) is 5.75 Å². The van der Waals surface area contributed by atoms with E-state index in [1.807, 2.05) is 11.8 Å². The van der Waals surface area contributed by atoms with E-state index in [0.717, 1.165) is 23.8 Å². The molecule has 8 heteroatoms. The number of thioether (sulfide) groups is 2. The number of benzene rings is 1. The number of hydrogen-bond acceptors (Lipinski definition) is 7. The third-order valence-corrected chi connectivity index (χ3v) is 8.80. The van der Waals surface area contributed by atoms with Gasteiger partial charge in [-0.2, -0.15) is 0 Å². The van der Waals surface area contributed by atoms with Gasteiger partial charge in [0.2, 0.25) is 5.91 Å². The summed E-state index contributed by atoms with van der Waals surface area (Å²) >= 11 is 3.42. The van der Waals surface area contributed by atoms with Crippen LogP contribution in [0.2, 0.25) is 0 Å². The van der Waals surface area contributed by atoms with Gasteiger partial charge >= 0.3 is 5.63 Å². The molecule has 4 rings (SSSR count). The summed E-state index contributed by atoms with van der Waals surface area (Å²) in [7, 11) is 0. The Kier molecular flexibility index (Phi) is 6.36. The van der Waals surface area contributed by atoms with E-state index in [1.165, 1.54) is 12.1 Å². The fraction of sp³-hybridized carbons (Fsp3) is 0.545. The van der Waals surface area contributed by atoms with Gasteiger partial charge in [0.1, 0.15) is 16.8 Å². The highest BCUT2D eigenvalue weighted by atomic mass is 32.2. The average molecular weight is 449 g/mol. The van der Waals surface area contributed by atoms with Crippen molar-refractivity contribution < 1.29 is 14.3 Å². The standard InChI is InChI=1S/C22H28N2O4S2/c1-4-11(2)7-16-12(3)30-21-19(16)20(27)23-22(24-21)29-10-13-8-18(26)28-17-9-14(25)5-6-15(13)17/h5-6,8-9,11-12,16,19,21-22,24-25H,4,7,10H2,1-3H3,(H,23,27). The Bertz CT molecular complexity index is 995. The molecule has 30 heavy (non-hydrogen) atoms. The minimum absolute atomic E-state index is 0.00317. The Hall–Kier alpha value is -1.64. The lowest BCUT2D eigenvalue weighted by Crippen LogP contribution is -2.58. The summed E-state index contributed by atoms with van der Waals surface area (Å²) in [6, 6.07) is 6.26. The Labute approximate surface area is 184 Å². The molecule has 1 aromatic heterocycles. The number of nitrogens with one attached hydrogen (secondary N) is 2. The average Bonchev–Trinajstić information content (AvgIpc) is 3.01. The number of carbonyl (C=O) groups is 1. The number of hydrogen-bond donors (Lipinski definition) is 3. The fourth-order valence-corrected chi connectivity index (χ4v) is 7.16. The highest BCUT2D eigenvalue weighted by Crippen LogP contribution is 2.47. The van der Waals surface area contributed by atoms with Gasteiger partial charge in [-0.1, -0.05) is 27.2 Å². The van der Waals surface area contributed by atoms with Crippen molar-refractivity contribution >= 4 is 40.4 Å². The van der Waals surface area contributed by atoms with Crippen molar-refractivity contribution in [3.63, 3.8) is 0 Å². The summed E-state index contributed by atoms with van der Waals surface area (Å²) < 4.78 is 5.20. The number of amides is 1. The molecule has 0 bridgehead atoms. The van der Waals surface area contributed by atoms with Gasteiger partial charge < -0.3 is 14.8 Å². The van der Waals surface area contributed by atoms with Crippen LogP contribution < -0.4 is 16.3 Å². The summed E-state index contributed by atoms with van der Waals surface area (Å²) in [6.45, 7) is 6.70. The number of fused-ring (bicyclic) bond motifs is 2. The van der Waals surface area contributed by atoms with Gasteiger partial charge in [0.25, 0.3) is 0 Å². The quantitative estimate of drug-likeness (QED) is 0.578. The van der Waals surface area contributed by atoms with Crippen LogP contribution in [-0.2, 0) is 10.5 Å². The monoisotopic (exact) mass is 448 g/mol. The molecule has 3 heterocycles. The zero-order valence-electron chi connectivity index (χ0n) is 17.4. The summed E-state index contributed by atoms with van der Waals surface area (Å²) in [5.74, 6) is 1.74. The molecule has 2 fully saturated rings. The number of aromatic hydroxyl groups is 1. The largest absolute Gasteiger partial charge is 0.508 e. The van der Waals surface area contributed by atoms with Crippen molar-refractivity contribution in [1.29, 1.82) is 0 Å². The molecule has 1 amide bonds. The fourth-order valence-electron chi connectivity index (χ4n) is 4.39. The Morgan fingerprint density at radius 2 is 2.10 bits per heavy atom. The van der Waals surface area contributed by atoms with Crippen LogP contribution in [0.4, 0.5) is 0 Å². The summed E-state index contributed by atoms with van der Waals surface area (Å²) in [5, 5.41) is 17.7. The summed E-state index contributed by atoms with van der Waals surface area (Å²) in [5.41, 5.74) is 0.538. The molecular formula is C22H28N2O4S2. The number of phenols is 1. The minimum Gasteiger partial charge on any atom is -0.508 e. The van der Waals surface area contributed by atoms with E-state index in [1.54, 1.807) is 23.9 Å². The summed E-state index contributed by atoms with van der Waals surface area (Å²) in [4.78, 5) is 24.9. The minimum atomic E-state index is -0.447. The maximum Gasteiger partial charge on any atom is 0.336 e. The molecule has 0 spiro atoms. The first-order chi connectivity index (χ1) is 14.4. The second-order valence-electron chi connectivity index (χ2n) is 8.34. The second kappa shape index (κ2) is 8.85. The van der Waals surface area contributed by atoms with Crippen LogP contribution in [0.15, 0.2) is 33.5 Å². The first-order valence-electron chi connectivity index (χ1n) is 10.4. The first kappa shape index (κ1) is 21.6. The molecule has 0 aliphatic carbocycles. The van der Waals surface area contributed by atoms with E-state index in [2.05, 4.69) is 31.4 Å². The third kappa shape index (κ3) is 4.36. The molecule has 2 aliphatic heterocycles. The van der Waals surface area contributed by atoms with Gasteiger partial charge in [-0.15, -0.1) is 23.5 Å². The number of phenolic OH excluding ortho intramolecular Hbond substituents is 1. The topological polar surface area (TPSA) is 91.6 Å². The smallest absolute Gasteiger partial charge is 0.336 e. The number of carbonyl (C=O) groups excluding carboxylic acids is 1. The zero-order valence-corrected chi connectivity index (χ0v) is 19.0.